The summed E-state index contributed by atoms with van der Waals surface area (Å²) in [6, 6.07) is 61.1. The van der Waals surface area contributed by atoms with E-state index in [2.05, 4.69) is 133 Å². The third kappa shape index (κ3) is 5.04. The summed E-state index contributed by atoms with van der Waals surface area (Å²) in [4.78, 5) is 15.2. The number of aromatic nitrogens is 3. The zero-order valence-electron chi connectivity index (χ0n) is 27.5. The summed E-state index contributed by atoms with van der Waals surface area (Å²) in [5.74, 6) is 1.86. The van der Waals surface area contributed by atoms with Crippen molar-refractivity contribution in [2.75, 3.05) is 0 Å². The molecule has 2 heterocycles. The average Bonchev–Trinajstić information content (AvgIpc) is 3.59. The number of benzene rings is 8. The molecule has 238 valence electrons. The summed E-state index contributed by atoms with van der Waals surface area (Å²) in [6.07, 6.45) is 0. The zero-order chi connectivity index (χ0) is 33.7. The van der Waals surface area contributed by atoms with Crippen molar-refractivity contribution in [1.82, 2.24) is 15.0 Å². The lowest BCUT2D eigenvalue weighted by molar-refractivity contribution is 0.669. The van der Waals surface area contributed by atoms with Crippen LogP contribution >= 0.6 is 0 Å². The molecule has 4 nitrogen and oxygen atoms in total. The predicted octanol–water partition coefficient (Wildman–Crippen LogP) is 12.4. The maximum atomic E-state index is 6.59. The Hall–Kier alpha value is -6.91. The van der Waals surface area contributed by atoms with Gasteiger partial charge in [0, 0.05) is 27.5 Å². The minimum atomic E-state index is 0.604. The second-order valence-corrected chi connectivity index (χ2v) is 12.8. The molecule has 0 N–H and O–H groups in total. The molecule has 0 aliphatic carbocycles. The fourth-order valence-electron chi connectivity index (χ4n) is 7.27. The van der Waals surface area contributed by atoms with Gasteiger partial charge in [-0.3, -0.25) is 0 Å². The molecular weight excluding hydrogens is 623 g/mol. The smallest absolute Gasteiger partial charge is 0.164 e. The molecule has 10 rings (SSSR count). The lowest BCUT2D eigenvalue weighted by atomic mass is 9.92. The number of nitrogens with zero attached hydrogens (tertiary/aromatic N) is 3. The molecule has 51 heavy (non-hydrogen) atoms. The van der Waals surface area contributed by atoms with E-state index >= 15 is 0 Å². The molecule has 0 aliphatic rings. The van der Waals surface area contributed by atoms with Crippen molar-refractivity contribution >= 4 is 43.5 Å². The fourth-order valence-corrected chi connectivity index (χ4v) is 7.27. The largest absolute Gasteiger partial charge is 0.456 e. The van der Waals surface area contributed by atoms with Crippen molar-refractivity contribution in [3.05, 3.63) is 176 Å². The predicted molar refractivity (Wildman–Crippen MR) is 209 cm³/mol. The van der Waals surface area contributed by atoms with Gasteiger partial charge in [0.05, 0.1) is 0 Å². The first kappa shape index (κ1) is 29.0. The number of furan rings is 1. The number of hydrogen-bond acceptors (Lipinski definition) is 4. The molecule has 4 heteroatoms. The summed E-state index contributed by atoms with van der Waals surface area (Å²) in [5, 5.41) is 6.74. The van der Waals surface area contributed by atoms with Crippen LogP contribution in [0.25, 0.3) is 99.9 Å². The maximum Gasteiger partial charge on any atom is 0.164 e. The van der Waals surface area contributed by atoms with Crippen LogP contribution in [0.3, 0.4) is 0 Å². The van der Waals surface area contributed by atoms with Crippen LogP contribution < -0.4 is 0 Å². The summed E-state index contributed by atoms with van der Waals surface area (Å²) >= 11 is 0. The Morgan fingerprint density at radius 2 is 0.922 bits per heavy atom. The first-order valence-electron chi connectivity index (χ1n) is 17.1. The van der Waals surface area contributed by atoms with Gasteiger partial charge in [-0.25, -0.2) is 15.0 Å². The van der Waals surface area contributed by atoms with Crippen molar-refractivity contribution in [2.45, 2.75) is 0 Å². The minimum Gasteiger partial charge on any atom is -0.456 e. The second kappa shape index (κ2) is 11.9. The van der Waals surface area contributed by atoms with Crippen LogP contribution in [-0.4, -0.2) is 15.0 Å². The molecule has 0 amide bonds. The van der Waals surface area contributed by atoms with E-state index in [1.165, 1.54) is 27.3 Å². The van der Waals surface area contributed by atoms with E-state index in [-0.39, 0.29) is 0 Å². The van der Waals surface area contributed by atoms with Gasteiger partial charge < -0.3 is 4.42 Å². The molecule has 0 atom stereocenters. The monoisotopic (exact) mass is 651 g/mol. The first-order valence-corrected chi connectivity index (χ1v) is 17.1. The molecule has 8 aromatic carbocycles. The lowest BCUT2D eigenvalue weighted by Crippen LogP contribution is -2.00. The molecule has 0 aliphatic heterocycles. The average molecular weight is 652 g/mol. The van der Waals surface area contributed by atoms with Crippen LogP contribution in [-0.2, 0) is 0 Å². The van der Waals surface area contributed by atoms with Crippen molar-refractivity contribution in [2.24, 2.45) is 0 Å². The van der Waals surface area contributed by atoms with Gasteiger partial charge in [-0.05, 0) is 68.1 Å². The van der Waals surface area contributed by atoms with Crippen LogP contribution in [0.5, 0.6) is 0 Å². The highest BCUT2D eigenvalue weighted by atomic mass is 16.3. The van der Waals surface area contributed by atoms with E-state index in [1.807, 2.05) is 42.5 Å². The molecule has 0 saturated heterocycles. The molecule has 0 fully saturated rings. The highest BCUT2D eigenvalue weighted by Crippen LogP contribution is 2.40. The van der Waals surface area contributed by atoms with E-state index < -0.39 is 0 Å². The van der Waals surface area contributed by atoms with E-state index in [0.717, 1.165) is 55.1 Å². The lowest BCUT2D eigenvalue weighted by Gasteiger charge is -2.12. The summed E-state index contributed by atoms with van der Waals surface area (Å²) in [7, 11) is 0. The van der Waals surface area contributed by atoms with Crippen molar-refractivity contribution in [3.63, 3.8) is 0 Å². The van der Waals surface area contributed by atoms with Gasteiger partial charge in [-0.1, -0.05) is 152 Å². The number of rotatable bonds is 5. The Morgan fingerprint density at radius 3 is 1.69 bits per heavy atom. The van der Waals surface area contributed by atoms with Gasteiger partial charge in [0.2, 0.25) is 0 Å². The zero-order valence-corrected chi connectivity index (χ0v) is 27.5. The van der Waals surface area contributed by atoms with Crippen molar-refractivity contribution in [1.29, 1.82) is 0 Å². The Balaban J connectivity index is 1.14. The Bertz CT molecular complexity index is 2910. The van der Waals surface area contributed by atoms with Gasteiger partial charge in [-0.15, -0.1) is 0 Å². The standard InChI is InChI=1S/C47H29N3O/c1-3-13-31(14-4-1)36-26-27-37(39-19-10-9-18-38(36)39)34-24-25-40-43(29-34)51-42-21-11-20-41(44(40)42)47-49-45(32-15-5-2-6-16-32)48-46(50-47)35-23-22-30-12-7-8-17-33(30)28-35/h1-29H. The highest BCUT2D eigenvalue weighted by molar-refractivity contribution is 6.13. The molecule has 10 aromatic rings. The van der Waals surface area contributed by atoms with Crippen molar-refractivity contribution < 1.29 is 4.42 Å². The van der Waals surface area contributed by atoms with Crippen LogP contribution in [0, 0.1) is 0 Å². The molecule has 2 aromatic heterocycles. The fraction of sp³-hybridized carbons (Fsp3) is 0. The van der Waals surface area contributed by atoms with Crippen LogP contribution in [0.4, 0.5) is 0 Å². The van der Waals surface area contributed by atoms with Gasteiger partial charge in [0.25, 0.3) is 0 Å². The van der Waals surface area contributed by atoms with Gasteiger partial charge >= 0.3 is 0 Å². The summed E-state index contributed by atoms with van der Waals surface area (Å²) < 4.78 is 6.59. The number of hydrogen-bond donors (Lipinski definition) is 0. The van der Waals surface area contributed by atoms with Gasteiger partial charge in [-0.2, -0.15) is 0 Å². The second-order valence-electron chi connectivity index (χ2n) is 12.8. The number of fused-ring (bicyclic) bond motifs is 5. The van der Waals surface area contributed by atoms with Gasteiger partial charge in [0.1, 0.15) is 11.2 Å². The van der Waals surface area contributed by atoms with E-state index in [4.69, 9.17) is 19.4 Å². The minimum absolute atomic E-state index is 0.604. The highest BCUT2D eigenvalue weighted by Gasteiger charge is 2.19. The Kier molecular flexibility index (Phi) is 6.78. The molecule has 0 bridgehead atoms. The third-order valence-electron chi connectivity index (χ3n) is 9.73. The van der Waals surface area contributed by atoms with Crippen molar-refractivity contribution in [3.8, 4) is 56.4 Å². The maximum absolute atomic E-state index is 6.59. The normalized spacial score (nSPS) is 11.5. The summed E-state index contributed by atoms with van der Waals surface area (Å²) in [6.45, 7) is 0. The third-order valence-corrected chi connectivity index (χ3v) is 9.73. The van der Waals surface area contributed by atoms with E-state index in [1.54, 1.807) is 0 Å². The summed E-state index contributed by atoms with van der Waals surface area (Å²) in [5.41, 5.74) is 9.07. The SMILES string of the molecule is c1ccc(-c2nc(-c3ccc4ccccc4c3)nc(-c3cccc4oc5cc(-c6ccc(-c7ccccc7)c7ccccc67)ccc5c34)n2)cc1. The van der Waals surface area contributed by atoms with Gasteiger partial charge in [0.15, 0.2) is 17.5 Å². The van der Waals surface area contributed by atoms with E-state index in [9.17, 15) is 0 Å². The molecule has 0 saturated carbocycles. The topological polar surface area (TPSA) is 51.8 Å². The molecule has 0 unspecified atom stereocenters. The van der Waals surface area contributed by atoms with E-state index in [0.29, 0.717) is 17.5 Å². The van der Waals surface area contributed by atoms with Crippen LogP contribution in [0.15, 0.2) is 180 Å². The molecule has 0 spiro atoms. The quantitative estimate of drug-likeness (QED) is 0.186. The molecule has 0 radical (unpaired) electrons. The van der Waals surface area contributed by atoms with Crippen LogP contribution in [0.2, 0.25) is 0 Å². The Labute approximate surface area is 294 Å². The molecular formula is C47H29N3O. The first-order chi connectivity index (χ1) is 25.3. The Morgan fingerprint density at radius 1 is 0.314 bits per heavy atom. The van der Waals surface area contributed by atoms with Crippen LogP contribution in [0.1, 0.15) is 0 Å².